The van der Waals surface area contributed by atoms with E-state index in [4.69, 9.17) is 5.41 Å². The molecule has 0 radical (unpaired) electrons. The number of fused-ring (bicyclic) bond motifs is 2. The van der Waals surface area contributed by atoms with Gasteiger partial charge in [-0.25, -0.2) is 9.37 Å². The molecule has 0 saturated heterocycles. The van der Waals surface area contributed by atoms with Crippen LogP contribution in [0.15, 0.2) is 59.5 Å². The molecule has 3 heterocycles. The molecule has 0 saturated carbocycles. The molecule has 1 amide bonds. The molecule has 0 unspecified atom stereocenters. The van der Waals surface area contributed by atoms with Crippen molar-refractivity contribution in [2.75, 3.05) is 7.05 Å². The minimum atomic E-state index is -0.475. The van der Waals surface area contributed by atoms with Crippen LogP contribution in [0.5, 0.6) is 0 Å². The number of halogens is 1. The highest BCUT2D eigenvalue weighted by molar-refractivity contribution is 5.96. The van der Waals surface area contributed by atoms with Crippen molar-refractivity contribution in [2.45, 2.75) is 6.54 Å². The van der Waals surface area contributed by atoms with Crippen molar-refractivity contribution in [1.82, 2.24) is 19.3 Å². The first-order valence-electron chi connectivity index (χ1n) is 8.55. The molecule has 0 spiro atoms. The summed E-state index contributed by atoms with van der Waals surface area (Å²) in [5, 5.41) is 11.2. The Kier molecular flexibility index (Phi) is 4.23. The number of aromatic nitrogens is 3. The standard InChI is InChI=1S/C20H16FN5O2/c1-23-19(27)14-10-15-18(24-16-4-2-3-9-25(16)20(15)28)26(17(14)22)11-12-5-7-13(21)8-6-12/h2-10,22H,11H2,1H3,(H,23,27). The SMILES string of the molecule is CNC(=O)c1cc2c(=O)n3ccccc3nc2n(Cc2ccc(F)cc2)c1=N. The topological polar surface area (TPSA) is 92.2 Å². The van der Waals surface area contributed by atoms with Gasteiger partial charge in [0.2, 0.25) is 0 Å². The Bertz CT molecular complexity index is 1340. The van der Waals surface area contributed by atoms with Crippen LogP contribution in [0.25, 0.3) is 16.7 Å². The Morgan fingerprint density at radius 1 is 1.21 bits per heavy atom. The van der Waals surface area contributed by atoms with Crippen molar-refractivity contribution in [2.24, 2.45) is 0 Å². The summed E-state index contributed by atoms with van der Waals surface area (Å²) >= 11 is 0. The van der Waals surface area contributed by atoms with Crippen LogP contribution in [-0.4, -0.2) is 26.9 Å². The van der Waals surface area contributed by atoms with Gasteiger partial charge in [-0.2, -0.15) is 0 Å². The van der Waals surface area contributed by atoms with Crippen molar-refractivity contribution in [3.63, 3.8) is 0 Å². The first kappa shape index (κ1) is 17.6. The van der Waals surface area contributed by atoms with Gasteiger partial charge in [0.05, 0.1) is 17.5 Å². The van der Waals surface area contributed by atoms with Gasteiger partial charge in [-0.15, -0.1) is 0 Å². The highest BCUT2D eigenvalue weighted by Gasteiger charge is 2.17. The lowest BCUT2D eigenvalue weighted by Crippen LogP contribution is -2.34. The third kappa shape index (κ3) is 2.84. The summed E-state index contributed by atoms with van der Waals surface area (Å²) in [6.45, 7) is 0.163. The molecular formula is C20H16FN5O2. The van der Waals surface area contributed by atoms with Crippen LogP contribution in [0, 0.1) is 11.2 Å². The Morgan fingerprint density at radius 3 is 2.68 bits per heavy atom. The van der Waals surface area contributed by atoms with Crippen LogP contribution in [0.4, 0.5) is 4.39 Å². The van der Waals surface area contributed by atoms with Gasteiger partial charge >= 0.3 is 0 Å². The Balaban J connectivity index is 2.08. The molecule has 8 heteroatoms. The van der Waals surface area contributed by atoms with Gasteiger partial charge in [0.15, 0.2) is 0 Å². The van der Waals surface area contributed by atoms with Crippen molar-refractivity contribution >= 4 is 22.6 Å². The normalized spacial score (nSPS) is 11.1. The van der Waals surface area contributed by atoms with E-state index in [1.165, 1.54) is 34.2 Å². The van der Waals surface area contributed by atoms with Crippen molar-refractivity contribution < 1.29 is 9.18 Å². The summed E-state index contributed by atoms with van der Waals surface area (Å²) < 4.78 is 16.1. The van der Waals surface area contributed by atoms with E-state index in [1.54, 1.807) is 36.5 Å². The number of rotatable bonds is 3. The molecule has 0 bridgehead atoms. The summed E-state index contributed by atoms with van der Waals surface area (Å²) in [7, 11) is 1.46. The largest absolute Gasteiger partial charge is 0.355 e. The van der Waals surface area contributed by atoms with E-state index in [0.717, 1.165) is 0 Å². The van der Waals surface area contributed by atoms with Gasteiger partial charge in [0.1, 0.15) is 22.6 Å². The number of benzene rings is 1. The lowest BCUT2D eigenvalue weighted by Gasteiger charge is -2.14. The molecule has 3 aromatic heterocycles. The van der Waals surface area contributed by atoms with E-state index in [1.807, 2.05) is 0 Å². The zero-order chi connectivity index (χ0) is 19.8. The molecule has 0 aliphatic heterocycles. The molecule has 0 aliphatic carbocycles. The summed E-state index contributed by atoms with van der Waals surface area (Å²) in [6, 6.07) is 12.4. The minimum absolute atomic E-state index is 0.0619. The van der Waals surface area contributed by atoms with Gasteiger partial charge in [0, 0.05) is 13.2 Å². The predicted octanol–water partition coefficient (Wildman–Crippen LogP) is 1.68. The summed E-state index contributed by atoms with van der Waals surface area (Å²) in [4.78, 5) is 29.8. The van der Waals surface area contributed by atoms with Crippen LogP contribution < -0.4 is 16.4 Å². The highest BCUT2D eigenvalue weighted by atomic mass is 19.1. The van der Waals surface area contributed by atoms with Crippen LogP contribution in [0.3, 0.4) is 0 Å². The summed E-state index contributed by atoms with van der Waals surface area (Å²) in [6.07, 6.45) is 1.60. The molecule has 4 aromatic rings. The van der Waals surface area contributed by atoms with Gasteiger partial charge in [-0.3, -0.25) is 19.4 Å². The minimum Gasteiger partial charge on any atom is -0.355 e. The number of nitrogens with one attached hydrogen (secondary N) is 2. The zero-order valence-corrected chi connectivity index (χ0v) is 14.9. The van der Waals surface area contributed by atoms with Gasteiger partial charge in [-0.05, 0) is 35.9 Å². The van der Waals surface area contributed by atoms with Crippen LogP contribution in [0.2, 0.25) is 0 Å². The Labute approximate surface area is 158 Å². The quantitative estimate of drug-likeness (QED) is 0.532. The van der Waals surface area contributed by atoms with E-state index >= 15 is 0 Å². The molecule has 2 N–H and O–H groups in total. The lowest BCUT2D eigenvalue weighted by molar-refractivity contribution is 0.0960. The third-order valence-electron chi connectivity index (χ3n) is 4.54. The van der Waals surface area contributed by atoms with Crippen molar-refractivity contribution in [3.05, 3.63) is 87.5 Å². The number of hydrogen-bond acceptors (Lipinski definition) is 4. The number of nitrogens with zero attached hydrogens (tertiary/aromatic N) is 3. The zero-order valence-electron chi connectivity index (χ0n) is 14.9. The van der Waals surface area contributed by atoms with E-state index in [0.29, 0.717) is 11.2 Å². The summed E-state index contributed by atoms with van der Waals surface area (Å²) in [5.74, 6) is -0.844. The van der Waals surface area contributed by atoms with Crippen LogP contribution in [0.1, 0.15) is 15.9 Å². The Hall–Kier alpha value is -3.81. The maximum absolute atomic E-state index is 13.2. The summed E-state index contributed by atoms with van der Waals surface area (Å²) in [5.41, 5.74) is 1.08. The molecule has 1 aromatic carbocycles. The van der Waals surface area contributed by atoms with E-state index in [-0.39, 0.29) is 40.0 Å². The molecule has 0 atom stereocenters. The fourth-order valence-electron chi connectivity index (χ4n) is 3.12. The van der Waals surface area contributed by atoms with E-state index in [9.17, 15) is 14.0 Å². The molecule has 4 rings (SSSR count). The van der Waals surface area contributed by atoms with Crippen molar-refractivity contribution in [1.29, 1.82) is 5.41 Å². The molecule has 28 heavy (non-hydrogen) atoms. The Morgan fingerprint density at radius 2 is 1.96 bits per heavy atom. The number of pyridine rings is 2. The van der Waals surface area contributed by atoms with E-state index in [2.05, 4.69) is 10.3 Å². The maximum Gasteiger partial charge on any atom is 0.267 e. The number of carbonyl (C=O) groups excluding carboxylic acids is 1. The average Bonchev–Trinajstić information content (AvgIpc) is 2.71. The first-order valence-corrected chi connectivity index (χ1v) is 8.55. The average molecular weight is 377 g/mol. The van der Waals surface area contributed by atoms with Gasteiger partial charge < -0.3 is 9.88 Å². The van der Waals surface area contributed by atoms with Crippen LogP contribution in [-0.2, 0) is 6.54 Å². The molecule has 7 nitrogen and oxygen atoms in total. The highest BCUT2D eigenvalue weighted by Crippen LogP contribution is 2.13. The first-order chi connectivity index (χ1) is 13.5. The van der Waals surface area contributed by atoms with Gasteiger partial charge in [0.25, 0.3) is 11.5 Å². The smallest absolute Gasteiger partial charge is 0.267 e. The fraction of sp³-hybridized carbons (Fsp3) is 0.100. The van der Waals surface area contributed by atoms with Crippen LogP contribution >= 0.6 is 0 Å². The second-order valence-corrected chi connectivity index (χ2v) is 6.28. The molecular weight excluding hydrogens is 361 g/mol. The lowest BCUT2D eigenvalue weighted by atomic mass is 10.1. The number of hydrogen-bond donors (Lipinski definition) is 2. The molecule has 0 fully saturated rings. The molecule has 140 valence electrons. The second kappa shape index (κ2) is 6.73. The molecule has 0 aliphatic rings. The van der Waals surface area contributed by atoms with E-state index < -0.39 is 5.91 Å². The van der Waals surface area contributed by atoms with Crippen molar-refractivity contribution in [3.8, 4) is 0 Å². The maximum atomic E-state index is 13.2. The predicted molar refractivity (Wildman–Crippen MR) is 102 cm³/mol. The third-order valence-corrected chi connectivity index (χ3v) is 4.54. The number of amides is 1. The number of carbonyl (C=O) groups is 1. The van der Waals surface area contributed by atoms with Gasteiger partial charge in [-0.1, -0.05) is 18.2 Å². The fourth-order valence-corrected chi connectivity index (χ4v) is 3.12. The monoisotopic (exact) mass is 377 g/mol. The second-order valence-electron chi connectivity index (χ2n) is 6.28.